The first-order chi connectivity index (χ1) is 9.29. The number of hydrogen-bond donors (Lipinski definition) is 1. The predicted octanol–water partition coefficient (Wildman–Crippen LogP) is 2.91. The van der Waals surface area contributed by atoms with Crippen molar-refractivity contribution >= 4 is 22.6 Å². The van der Waals surface area contributed by atoms with Crippen molar-refractivity contribution in [1.29, 1.82) is 0 Å². The van der Waals surface area contributed by atoms with E-state index in [4.69, 9.17) is 4.74 Å². The van der Waals surface area contributed by atoms with Crippen molar-refractivity contribution < 1.29 is 9.84 Å². The van der Waals surface area contributed by atoms with Crippen LogP contribution in [0.25, 0.3) is 0 Å². The fraction of sp³-hybridized carbons (Fsp3) is 0.600. The second-order valence-electron chi connectivity index (χ2n) is 5.36. The maximum atomic E-state index is 9.72. The molecule has 104 valence electrons. The van der Waals surface area contributed by atoms with E-state index in [1.807, 2.05) is 12.1 Å². The first-order valence-electron chi connectivity index (χ1n) is 7.03. The largest absolute Gasteiger partial charge is 0.508 e. The molecule has 3 nitrogen and oxygen atoms in total. The summed E-state index contributed by atoms with van der Waals surface area (Å²) in [6, 6.07) is 6.23. The van der Waals surface area contributed by atoms with Gasteiger partial charge >= 0.3 is 0 Å². The number of aryl methyl sites for hydroxylation is 1. The third kappa shape index (κ3) is 2.76. The molecule has 1 aliphatic carbocycles. The molecular weight excluding hydrogens is 353 g/mol. The van der Waals surface area contributed by atoms with Gasteiger partial charge in [-0.25, -0.2) is 0 Å². The van der Waals surface area contributed by atoms with Crippen molar-refractivity contribution in [2.24, 2.45) is 0 Å². The summed E-state index contributed by atoms with van der Waals surface area (Å²) in [5, 5.41) is 9.72. The second-order valence-corrected chi connectivity index (χ2v) is 6.44. The molecule has 0 amide bonds. The summed E-state index contributed by atoms with van der Waals surface area (Å²) in [5.41, 5.74) is 2.55. The smallest absolute Gasteiger partial charge is 0.115 e. The number of phenols is 1. The van der Waals surface area contributed by atoms with Crippen LogP contribution < -0.4 is 0 Å². The van der Waals surface area contributed by atoms with Crippen LogP contribution in [0.4, 0.5) is 0 Å². The molecule has 0 radical (unpaired) electrons. The number of ether oxygens (including phenoxy) is 1. The molecule has 1 aromatic rings. The molecule has 0 aromatic heterocycles. The lowest BCUT2D eigenvalue weighted by atomic mass is 9.84. The number of halogens is 1. The highest BCUT2D eigenvalue weighted by Crippen LogP contribution is 2.39. The lowest BCUT2D eigenvalue weighted by Gasteiger charge is -2.44. The van der Waals surface area contributed by atoms with Crippen LogP contribution in [-0.2, 0) is 11.2 Å². The van der Waals surface area contributed by atoms with E-state index < -0.39 is 0 Å². The number of nitrogens with zero attached hydrogens (tertiary/aromatic N) is 1. The Morgan fingerprint density at radius 2 is 2.32 bits per heavy atom. The quantitative estimate of drug-likeness (QED) is 0.653. The standard InChI is InChI=1S/C15H20INO2/c16-6-1-7-17-8-9-19-15-13-10-12(18)4-2-11(13)3-5-14(15)17/h2,4,10,14-15,18H,1,3,5-9H2/t14-,15-/m1/s1. The molecule has 1 fully saturated rings. The number of phenolic OH excluding ortho intramolecular Hbond substituents is 1. The van der Waals surface area contributed by atoms with Gasteiger partial charge in [-0.2, -0.15) is 0 Å². The number of hydrogen-bond acceptors (Lipinski definition) is 3. The molecule has 1 N–H and O–H groups in total. The van der Waals surface area contributed by atoms with E-state index in [-0.39, 0.29) is 6.10 Å². The minimum absolute atomic E-state index is 0.152. The predicted molar refractivity (Wildman–Crippen MR) is 84.0 cm³/mol. The van der Waals surface area contributed by atoms with E-state index >= 15 is 0 Å². The minimum Gasteiger partial charge on any atom is -0.508 e. The molecule has 1 aromatic carbocycles. The van der Waals surface area contributed by atoms with Crippen molar-refractivity contribution in [2.75, 3.05) is 24.1 Å². The summed E-state index contributed by atoms with van der Waals surface area (Å²) in [5.74, 6) is 0.354. The zero-order valence-corrected chi connectivity index (χ0v) is 13.2. The fourth-order valence-electron chi connectivity index (χ4n) is 3.32. The zero-order valence-electron chi connectivity index (χ0n) is 11.0. The van der Waals surface area contributed by atoms with Gasteiger partial charge in [-0.05, 0) is 49.1 Å². The van der Waals surface area contributed by atoms with Crippen LogP contribution in [0.5, 0.6) is 5.75 Å². The van der Waals surface area contributed by atoms with Gasteiger partial charge in [-0.3, -0.25) is 4.90 Å². The van der Waals surface area contributed by atoms with E-state index in [0.29, 0.717) is 11.8 Å². The van der Waals surface area contributed by atoms with Gasteiger partial charge in [-0.15, -0.1) is 0 Å². The van der Waals surface area contributed by atoms with Crippen LogP contribution >= 0.6 is 22.6 Å². The van der Waals surface area contributed by atoms with Crippen molar-refractivity contribution in [3.8, 4) is 5.75 Å². The average Bonchev–Trinajstić information content (AvgIpc) is 2.44. The molecule has 1 aliphatic heterocycles. The van der Waals surface area contributed by atoms with Gasteiger partial charge in [0.1, 0.15) is 5.75 Å². The summed E-state index contributed by atoms with van der Waals surface area (Å²) in [6.45, 7) is 3.02. The molecular formula is C15H20INO2. The molecule has 0 bridgehead atoms. The van der Waals surface area contributed by atoms with E-state index in [2.05, 4.69) is 27.5 Å². The van der Waals surface area contributed by atoms with Crippen molar-refractivity contribution in [3.63, 3.8) is 0 Å². The highest BCUT2D eigenvalue weighted by atomic mass is 127. The highest BCUT2D eigenvalue weighted by molar-refractivity contribution is 14.1. The second kappa shape index (κ2) is 5.97. The van der Waals surface area contributed by atoms with Crippen LogP contribution in [0.15, 0.2) is 18.2 Å². The van der Waals surface area contributed by atoms with Gasteiger partial charge in [0.05, 0.1) is 12.7 Å². The van der Waals surface area contributed by atoms with Crippen molar-refractivity contribution in [1.82, 2.24) is 4.90 Å². The van der Waals surface area contributed by atoms with E-state index in [0.717, 1.165) is 19.6 Å². The molecule has 2 aliphatic rings. The van der Waals surface area contributed by atoms with Crippen molar-refractivity contribution in [2.45, 2.75) is 31.4 Å². The number of fused-ring (bicyclic) bond motifs is 3. The Hall–Kier alpha value is -0.330. The van der Waals surface area contributed by atoms with Crippen LogP contribution in [0.3, 0.4) is 0 Å². The summed E-state index contributed by atoms with van der Waals surface area (Å²) >= 11 is 2.44. The van der Waals surface area contributed by atoms with Gasteiger partial charge in [-0.1, -0.05) is 28.7 Å². The molecule has 0 unspecified atom stereocenters. The van der Waals surface area contributed by atoms with Crippen LogP contribution in [0, 0.1) is 0 Å². The first kappa shape index (κ1) is 13.6. The summed E-state index contributed by atoms with van der Waals surface area (Å²) in [7, 11) is 0. The maximum absolute atomic E-state index is 9.72. The Labute approximate surface area is 128 Å². The molecule has 0 spiro atoms. The Morgan fingerprint density at radius 3 is 3.16 bits per heavy atom. The zero-order chi connectivity index (χ0) is 13.2. The van der Waals surface area contributed by atoms with Crippen LogP contribution in [-0.4, -0.2) is 40.2 Å². The Bertz CT molecular complexity index is 452. The summed E-state index contributed by atoms with van der Waals surface area (Å²) < 4.78 is 7.23. The third-order valence-electron chi connectivity index (χ3n) is 4.22. The Kier molecular flexibility index (Phi) is 4.29. The van der Waals surface area contributed by atoms with E-state index in [9.17, 15) is 5.11 Å². The number of aromatic hydroxyl groups is 1. The number of rotatable bonds is 3. The van der Waals surface area contributed by atoms with Crippen LogP contribution in [0.1, 0.15) is 30.1 Å². The lowest BCUT2D eigenvalue weighted by Crippen LogP contribution is -2.49. The molecule has 0 saturated carbocycles. The van der Waals surface area contributed by atoms with Gasteiger partial charge in [0.15, 0.2) is 0 Å². The van der Waals surface area contributed by atoms with E-state index in [1.165, 1.54) is 34.9 Å². The Morgan fingerprint density at radius 1 is 1.42 bits per heavy atom. The normalized spacial score (nSPS) is 26.8. The van der Waals surface area contributed by atoms with Gasteiger partial charge in [0, 0.05) is 17.0 Å². The molecule has 2 atom stereocenters. The maximum Gasteiger partial charge on any atom is 0.115 e. The monoisotopic (exact) mass is 373 g/mol. The number of morpholine rings is 1. The number of benzene rings is 1. The molecule has 1 saturated heterocycles. The van der Waals surface area contributed by atoms with Crippen molar-refractivity contribution in [3.05, 3.63) is 29.3 Å². The van der Waals surface area contributed by atoms with Gasteiger partial charge in [0.2, 0.25) is 0 Å². The van der Waals surface area contributed by atoms with Crippen LogP contribution in [0.2, 0.25) is 0 Å². The SMILES string of the molecule is Oc1ccc2c(c1)[C@H]1OCCN(CCCI)[C@@H]1CC2. The van der Waals surface area contributed by atoms with Gasteiger partial charge in [0.25, 0.3) is 0 Å². The first-order valence-corrected chi connectivity index (χ1v) is 8.55. The molecule has 4 heteroatoms. The van der Waals surface area contributed by atoms with Gasteiger partial charge < -0.3 is 9.84 Å². The molecule has 3 rings (SSSR count). The van der Waals surface area contributed by atoms with E-state index in [1.54, 1.807) is 6.07 Å². The fourth-order valence-corrected chi connectivity index (χ4v) is 3.66. The minimum atomic E-state index is 0.152. The third-order valence-corrected chi connectivity index (χ3v) is 4.98. The highest BCUT2D eigenvalue weighted by Gasteiger charge is 2.37. The average molecular weight is 373 g/mol. The topological polar surface area (TPSA) is 32.7 Å². The number of alkyl halides is 1. The lowest BCUT2D eigenvalue weighted by molar-refractivity contribution is -0.0800. The Balaban J connectivity index is 1.84. The summed E-state index contributed by atoms with van der Waals surface area (Å²) in [6.07, 6.45) is 3.67. The molecule has 19 heavy (non-hydrogen) atoms. The molecule has 1 heterocycles. The summed E-state index contributed by atoms with van der Waals surface area (Å²) in [4.78, 5) is 2.58.